The molecule has 1 atom stereocenters. The molecule has 204 valence electrons. The number of nitrogens with zero attached hydrogens (tertiary/aromatic N) is 3. The zero-order chi connectivity index (χ0) is 28.1. The Labute approximate surface area is 227 Å². The van der Waals surface area contributed by atoms with Crippen molar-refractivity contribution in [1.82, 2.24) is 23.8 Å². The SMILES string of the molecule is Cc1nc2c(CCNS(=O)O)cc(-c3cn(C)c(=O)c4[nH]ccc34)cc2n1Cc1ccc(Cl)c(C(F)(F)F)c1. The van der Waals surface area contributed by atoms with Crippen LogP contribution in [0.2, 0.25) is 5.02 Å². The van der Waals surface area contributed by atoms with Gasteiger partial charge < -0.3 is 14.1 Å². The molecule has 0 radical (unpaired) electrons. The number of hydrogen-bond acceptors (Lipinski definition) is 3. The smallest absolute Gasteiger partial charge is 0.357 e. The molecule has 5 rings (SSSR count). The lowest BCUT2D eigenvalue weighted by Crippen LogP contribution is -2.19. The summed E-state index contributed by atoms with van der Waals surface area (Å²) in [5.41, 5.74) is 3.35. The molecule has 3 N–H and O–H groups in total. The lowest BCUT2D eigenvalue weighted by Gasteiger charge is -2.14. The highest BCUT2D eigenvalue weighted by Crippen LogP contribution is 2.36. The van der Waals surface area contributed by atoms with Crippen LogP contribution in [0.25, 0.3) is 33.1 Å². The van der Waals surface area contributed by atoms with Gasteiger partial charge in [0.25, 0.3) is 5.56 Å². The van der Waals surface area contributed by atoms with Crippen LogP contribution >= 0.6 is 11.6 Å². The summed E-state index contributed by atoms with van der Waals surface area (Å²) >= 11 is 3.63. The van der Waals surface area contributed by atoms with E-state index in [1.54, 1.807) is 38.5 Å². The first kappa shape index (κ1) is 27.1. The van der Waals surface area contributed by atoms with Gasteiger partial charge in [-0.1, -0.05) is 17.7 Å². The van der Waals surface area contributed by atoms with Crippen LogP contribution in [0.4, 0.5) is 13.2 Å². The van der Waals surface area contributed by atoms with E-state index in [-0.39, 0.29) is 23.7 Å². The van der Waals surface area contributed by atoms with Gasteiger partial charge in [0, 0.05) is 43.5 Å². The molecular formula is C26H23ClF3N5O3S. The summed E-state index contributed by atoms with van der Waals surface area (Å²) in [6.07, 6.45) is -0.825. The lowest BCUT2D eigenvalue weighted by molar-refractivity contribution is -0.137. The quantitative estimate of drug-likeness (QED) is 0.232. The van der Waals surface area contributed by atoms with E-state index < -0.39 is 23.0 Å². The van der Waals surface area contributed by atoms with Gasteiger partial charge in [-0.2, -0.15) is 13.2 Å². The van der Waals surface area contributed by atoms with Crippen molar-refractivity contribution in [2.45, 2.75) is 26.1 Å². The molecule has 2 aromatic carbocycles. The van der Waals surface area contributed by atoms with Gasteiger partial charge in [0.05, 0.1) is 21.6 Å². The van der Waals surface area contributed by atoms with Crippen LogP contribution in [-0.2, 0) is 37.5 Å². The Bertz CT molecular complexity index is 1810. The Balaban J connectivity index is 1.69. The number of benzene rings is 2. The first-order valence-electron chi connectivity index (χ1n) is 11.8. The average molecular weight is 578 g/mol. The molecule has 0 aliphatic rings. The standard InChI is InChI=1S/C26H23ClF3N5O3S/c1-14-33-23-16(5-8-32-39(37)38)10-17(19-13-34(2)25(36)24-18(19)6-7-31-24)11-22(23)35(14)12-15-3-4-21(27)20(9-15)26(28,29)30/h3-4,6-7,9-11,13,31-32H,5,8,12H2,1-2H3,(H,37,38). The number of aromatic amines is 1. The minimum Gasteiger partial charge on any atom is -0.357 e. The van der Waals surface area contributed by atoms with E-state index >= 15 is 0 Å². The lowest BCUT2D eigenvalue weighted by atomic mass is 9.99. The van der Waals surface area contributed by atoms with Gasteiger partial charge in [0.2, 0.25) is 11.3 Å². The van der Waals surface area contributed by atoms with Crippen LogP contribution in [0.5, 0.6) is 0 Å². The van der Waals surface area contributed by atoms with Gasteiger partial charge in [0.15, 0.2) is 0 Å². The first-order valence-corrected chi connectivity index (χ1v) is 13.3. The molecule has 3 aromatic heterocycles. The molecule has 3 heterocycles. The van der Waals surface area contributed by atoms with Crippen molar-refractivity contribution in [3.05, 3.63) is 86.7 Å². The van der Waals surface area contributed by atoms with E-state index in [2.05, 4.69) is 9.71 Å². The summed E-state index contributed by atoms with van der Waals surface area (Å²) in [5.74, 6) is 0.581. The zero-order valence-corrected chi connectivity index (χ0v) is 22.3. The third kappa shape index (κ3) is 5.24. The van der Waals surface area contributed by atoms with E-state index in [4.69, 9.17) is 21.1 Å². The van der Waals surface area contributed by atoms with Crippen LogP contribution < -0.4 is 10.3 Å². The fourth-order valence-electron chi connectivity index (χ4n) is 4.80. The third-order valence-electron chi connectivity index (χ3n) is 6.63. The second kappa shape index (κ2) is 10.3. The minimum atomic E-state index is -4.59. The third-order valence-corrected chi connectivity index (χ3v) is 7.41. The molecule has 0 saturated heterocycles. The van der Waals surface area contributed by atoms with Gasteiger partial charge >= 0.3 is 6.18 Å². The second-order valence-electron chi connectivity index (χ2n) is 9.18. The van der Waals surface area contributed by atoms with Gasteiger partial charge in [-0.3, -0.25) is 9.35 Å². The fraction of sp³-hybridized carbons (Fsp3) is 0.231. The molecule has 0 aliphatic carbocycles. The summed E-state index contributed by atoms with van der Waals surface area (Å²) in [6, 6.07) is 9.43. The largest absolute Gasteiger partial charge is 0.417 e. The summed E-state index contributed by atoms with van der Waals surface area (Å²) in [6.45, 7) is 2.06. The van der Waals surface area contributed by atoms with Crippen LogP contribution in [0.15, 0.2) is 53.6 Å². The summed E-state index contributed by atoms with van der Waals surface area (Å²) in [7, 11) is 1.65. The molecule has 0 aliphatic heterocycles. The number of pyridine rings is 1. The topological polar surface area (TPSA) is 105 Å². The molecule has 0 amide bonds. The number of aromatic nitrogens is 4. The van der Waals surface area contributed by atoms with Crippen molar-refractivity contribution in [2.75, 3.05) is 6.54 Å². The molecular weight excluding hydrogens is 555 g/mol. The predicted molar refractivity (Wildman–Crippen MR) is 145 cm³/mol. The van der Waals surface area contributed by atoms with E-state index in [1.807, 2.05) is 16.7 Å². The molecule has 39 heavy (non-hydrogen) atoms. The molecule has 0 bridgehead atoms. The number of aryl methyl sites for hydroxylation is 2. The molecule has 8 nitrogen and oxygen atoms in total. The number of nitrogens with one attached hydrogen (secondary N) is 2. The zero-order valence-electron chi connectivity index (χ0n) is 20.8. The Morgan fingerprint density at radius 1 is 1.21 bits per heavy atom. The normalized spacial score (nSPS) is 13.0. The number of hydrogen-bond donors (Lipinski definition) is 3. The predicted octanol–water partition coefficient (Wildman–Crippen LogP) is 5.18. The van der Waals surface area contributed by atoms with Gasteiger partial charge in [0.1, 0.15) is 11.3 Å². The van der Waals surface area contributed by atoms with Crippen LogP contribution in [0.1, 0.15) is 22.5 Å². The Hall–Kier alpha value is -3.45. The summed E-state index contributed by atoms with van der Waals surface area (Å²) in [5, 5.41) is 0.343. The molecule has 13 heteroatoms. The summed E-state index contributed by atoms with van der Waals surface area (Å²) in [4.78, 5) is 20.3. The highest BCUT2D eigenvalue weighted by Gasteiger charge is 2.33. The molecule has 5 aromatic rings. The van der Waals surface area contributed by atoms with Crippen molar-refractivity contribution in [3.8, 4) is 11.1 Å². The van der Waals surface area contributed by atoms with E-state index in [1.165, 1.54) is 10.6 Å². The van der Waals surface area contributed by atoms with Gasteiger partial charge in [-0.25, -0.2) is 13.9 Å². The number of H-pyrrole nitrogens is 1. The number of halogens is 4. The molecule has 1 unspecified atom stereocenters. The van der Waals surface area contributed by atoms with Crippen LogP contribution in [-0.4, -0.2) is 34.4 Å². The summed E-state index contributed by atoms with van der Waals surface area (Å²) < 4.78 is 66.6. The molecule has 0 spiro atoms. The fourth-order valence-corrected chi connectivity index (χ4v) is 5.30. The van der Waals surface area contributed by atoms with Crippen LogP contribution in [0, 0.1) is 6.92 Å². The van der Waals surface area contributed by atoms with Crippen LogP contribution in [0.3, 0.4) is 0 Å². The van der Waals surface area contributed by atoms with Crippen molar-refractivity contribution >= 4 is 44.8 Å². The van der Waals surface area contributed by atoms with E-state index in [9.17, 15) is 22.2 Å². The Morgan fingerprint density at radius 2 is 1.97 bits per heavy atom. The maximum atomic E-state index is 13.5. The van der Waals surface area contributed by atoms with E-state index in [0.29, 0.717) is 39.7 Å². The van der Waals surface area contributed by atoms with Crippen molar-refractivity contribution in [3.63, 3.8) is 0 Å². The average Bonchev–Trinajstić information content (AvgIpc) is 3.47. The number of alkyl halides is 3. The monoisotopic (exact) mass is 577 g/mol. The van der Waals surface area contributed by atoms with Crippen molar-refractivity contribution in [1.29, 1.82) is 0 Å². The Kier molecular flexibility index (Phi) is 7.14. The van der Waals surface area contributed by atoms with Crippen molar-refractivity contribution < 1.29 is 21.9 Å². The first-order chi connectivity index (χ1) is 18.4. The van der Waals surface area contributed by atoms with Gasteiger partial charge in [-0.05, 0) is 60.4 Å². The Morgan fingerprint density at radius 3 is 2.69 bits per heavy atom. The highest BCUT2D eigenvalue weighted by molar-refractivity contribution is 7.77. The van der Waals surface area contributed by atoms with Crippen molar-refractivity contribution in [2.24, 2.45) is 7.05 Å². The maximum absolute atomic E-state index is 13.5. The number of rotatable bonds is 7. The maximum Gasteiger partial charge on any atom is 0.417 e. The van der Waals surface area contributed by atoms with Gasteiger partial charge in [-0.15, -0.1) is 0 Å². The minimum absolute atomic E-state index is 0.108. The van der Waals surface area contributed by atoms with E-state index in [0.717, 1.165) is 22.8 Å². The molecule has 0 fully saturated rings. The molecule has 0 saturated carbocycles. The second-order valence-corrected chi connectivity index (χ2v) is 10.4. The highest BCUT2D eigenvalue weighted by atomic mass is 35.5. The number of fused-ring (bicyclic) bond motifs is 2. The number of imidazole rings is 1.